The van der Waals surface area contributed by atoms with Crippen molar-refractivity contribution >= 4 is 16.9 Å². The number of carbonyl (C=O) groups is 1. The Morgan fingerprint density at radius 2 is 1.96 bits per heavy atom. The van der Waals surface area contributed by atoms with E-state index in [4.69, 9.17) is 0 Å². The number of aryl methyl sites for hydroxylation is 1. The first-order chi connectivity index (χ1) is 11.6. The fourth-order valence-electron chi connectivity index (χ4n) is 3.19. The molecule has 4 rings (SSSR count). The molecule has 0 saturated carbocycles. The standard InChI is InChI=1S/C18H17FN4O/c1-22-17-14(11-20-22)13(18(24)23-8-4-5-9-23)10-16(21-17)12-6-2-3-7-15(12)19/h2-3,6-7,10-11H,4-5,8-9H2,1H3. The van der Waals surface area contributed by atoms with Gasteiger partial charge < -0.3 is 4.90 Å². The first-order valence-corrected chi connectivity index (χ1v) is 8.02. The molecule has 24 heavy (non-hydrogen) atoms. The molecule has 2 aromatic heterocycles. The van der Waals surface area contributed by atoms with E-state index in [-0.39, 0.29) is 11.7 Å². The largest absolute Gasteiger partial charge is 0.339 e. The summed E-state index contributed by atoms with van der Waals surface area (Å²) >= 11 is 0. The number of benzene rings is 1. The van der Waals surface area contributed by atoms with E-state index >= 15 is 0 Å². The number of likely N-dealkylation sites (tertiary alicyclic amines) is 1. The highest BCUT2D eigenvalue weighted by Gasteiger charge is 2.24. The number of nitrogens with zero attached hydrogens (tertiary/aromatic N) is 4. The third-order valence-electron chi connectivity index (χ3n) is 4.48. The molecule has 1 aliphatic rings. The van der Waals surface area contributed by atoms with Gasteiger partial charge in [0.1, 0.15) is 5.82 Å². The molecule has 1 aromatic carbocycles. The van der Waals surface area contributed by atoms with E-state index in [1.165, 1.54) is 6.07 Å². The second-order valence-electron chi connectivity index (χ2n) is 6.04. The monoisotopic (exact) mass is 324 g/mol. The van der Waals surface area contributed by atoms with E-state index in [1.54, 1.807) is 42.2 Å². The SMILES string of the molecule is Cn1ncc2c(C(=O)N3CCCC3)cc(-c3ccccc3F)nc21. The molecule has 6 heteroatoms. The Hall–Kier alpha value is -2.76. The van der Waals surface area contributed by atoms with Gasteiger partial charge in [-0.3, -0.25) is 9.48 Å². The quantitative estimate of drug-likeness (QED) is 0.728. The van der Waals surface area contributed by atoms with Crippen LogP contribution in [0.2, 0.25) is 0 Å². The molecule has 3 heterocycles. The molecule has 0 radical (unpaired) electrons. The molecule has 0 atom stereocenters. The van der Waals surface area contributed by atoms with Gasteiger partial charge in [-0.1, -0.05) is 12.1 Å². The Labute approximate surface area is 138 Å². The number of aromatic nitrogens is 3. The Bertz CT molecular complexity index is 928. The predicted octanol–water partition coefficient (Wildman–Crippen LogP) is 3.01. The highest BCUT2D eigenvalue weighted by Crippen LogP contribution is 2.27. The molecule has 3 aromatic rings. The zero-order chi connectivity index (χ0) is 16.7. The molecule has 122 valence electrons. The summed E-state index contributed by atoms with van der Waals surface area (Å²) < 4.78 is 15.8. The molecule has 1 saturated heterocycles. The van der Waals surface area contributed by atoms with Crippen LogP contribution in [0.1, 0.15) is 23.2 Å². The second kappa shape index (κ2) is 5.70. The predicted molar refractivity (Wildman–Crippen MR) is 89.0 cm³/mol. The van der Waals surface area contributed by atoms with Crippen molar-refractivity contribution < 1.29 is 9.18 Å². The van der Waals surface area contributed by atoms with Gasteiger partial charge in [0.15, 0.2) is 5.65 Å². The lowest BCUT2D eigenvalue weighted by Gasteiger charge is -2.16. The lowest BCUT2D eigenvalue weighted by atomic mass is 10.1. The topological polar surface area (TPSA) is 51.0 Å². The van der Waals surface area contributed by atoms with Gasteiger partial charge in [0.2, 0.25) is 0 Å². The van der Waals surface area contributed by atoms with Crippen molar-refractivity contribution in [2.75, 3.05) is 13.1 Å². The lowest BCUT2D eigenvalue weighted by molar-refractivity contribution is 0.0794. The molecule has 0 aliphatic carbocycles. The smallest absolute Gasteiger partial charge is 0.254 e. The van der Waals surface area contributed by atoms with Crippen molar-refractivity contribution in [2.45, 2.75) is 12.8 Å². The van der Waals surface area contributed by atoms with Gasteiger partial charge in [0, 0.05) is 25.7 Å². The third-order valence-corrected chi connectivity index (χ3v) is 4.48. The van der Waals surface area contributed by atoms with E-state index in [2.05, 4.69) is 10.1 Å². The maximum Gasteiger partial charge on any atom is 0.254 e. The summed E-state index contributed by atoms with van der Waals surface area (Å²) in [5.74, 6) is -0.392. The molecule has 0 bridgehead atoms. The summed E-state index contributed by atoms with van der Waals surface area (Å²) in [6.07, 6.45) is 3.69. The van der Waals surface area contributed by atoms with Gasteiger partial charge in [-0.05, 0) is 31.0 Å². The zero-order valence-electron chi connectivity index (χ0n) is 13.4. The summed E-state index contributed by atoms with van der Waals surface area (Å²) in [6.45, 7) is 1.52. The minimum atomic E-state index is -0.355. The number of amides is 1. The lowest BCUT2D eigenvalue weighted by Crippen LogP contribution is -2.27. The molecule has 5 nitrogen and oxygen atoms in total. The van der Waals surface area contributed by atoms with E-state index < -0.39 is 0 Å². The van der Waals surface area contributed by atoms with Gasteiger partial charge in [-0.2, -0.15) is 5.10 Å². The van der Waals surface area contributed by atoms with Crippen LogP contribution >= 0.6 is 0 Å². The van der Waals surface area contributed by atoms with Crippen LogP contribution in [0.5, 0.6) is 0 Å². The van der Waals surface area contributed by atoms with Crippen LogP contribution in [0, 0.1) is 5.82 Å². The normalized spacial score (nSPS) is 14.5. The van der Waals surface area contributed by atoms with Crippen LogP contribution < -0.4 is 0 Å². The number of hydrogen-bond acceptors (Lipinski definition) is 3. The molecular formula is C18H17FN4O. The molecule has 1 aliphatic heterocycles. The summed E-state index contributed by atoms with van der Waals surface area (Å²) in [5.41, 5.74) is 1.95. The minimum absolute atomic E-state index is 0.0366. The summed E-state index contributed by atoms with van der Waals surface area (Å²) in [6, 6.07) is 8.15. The van der Waals surface area contributed by atoms with Gasteiger partial charge in [-0.25, -0.2) is 9.37 Å². The van der Waals surface area contributed by atoms with Crippen LogP contribution in [0.4, 0.5) is 4.39 Å². The number of halogens is 1. The van der Waals surface area contributed by atoms with Crippen molar-refractivity contribution in [1.82, 2.24) is 19.7 Å². The van der Waals surface area contributed by atoms with Crippen molar-refractivity contribution in [3.05, 3.63) is 47.9 Å². The van der Waals surface area contributed by atoms with Crippen LogP contribution in [0.25, 0.3) is 22.3 Å². The van der Waals surface area contributed by atoms with Crippen LogP contribution in [-0.2, 0) is 7.05 Å². The van der Waals surface area contributed by atoms with Crippen LogP contribution in [-0.4, -0.2) is 38.7 Å². The van der Waals surface area contributed by atoms with Crippen molar-refractivity contribution in [3.8, 4) is 11.3 Å². The first kappa shape index (κ1) is 14.8. The molecule has 0 N–H and O–H groups in total. The fourth-order valence-corrected chi connectivity index (χ4v) is 3.19. The number of rotatable bonds is 2. The highest BCUT2D eigenvalue weighted by atomic mass is 19.1. The maximum atomic E-state index is 14.2. The maximum absolute atomic E-state index is 14.2. The Morgan fingerprint density at radius 3 is 2.71 bits per heavy atom. The average Bonchev–Trinajstić information content (AvgIpc) is 3.24. The minimum Gasteiger partial charge on any atom is -0.339 e. The van der Waals surface area contributed by atoms with Gasteiger partial charge in [-0.15, -0.1) is 0 Å². The van der Waals surface area contributed by atoms with Gasteiger partial charge >= 0.3 is 0 Å². The van der Waals surface area contributed by atoms with Gasteiger partial charge in [0.25, 0.3) is 5.91 Å². The Balaban J connectivity index is 1.92. The van der Waals surface area contributed by atoms with Crippen molar-refractivity contribution in [3.63, 3.8) is 0 Å². The van der Waals surface area contributed by atoms with E-state index in [0.29, 0.717) is 27.9 Å². The molecule has 1 amide bonds. The Morgan fingerprint density at radius 1 is 1.21 bits per heavy atom. The number of fused-ring (bicyclic) bond motifs is 1. The van der Waals surface area contributed by atoms with Gasteiger partial charge in [0.05, 0.1) is 22.8 Å². The number of pyridine rings is 1. The van der Waals surface area contributed by atoms with E-state index in [9.17, 15) is 9.18 Å². The number of carbonyl (C=O) groups excluding carboxylic acids is 1. The van der Waals surface area contributed by atoms with E-state index in [1.807, 2.05) is 4.90 Å². The van der Waals surface area contributed by atoms with Crippen LogP contribution in [0.15, 0.2) is 36.5 Å². The summed E-state index contributed by atoms with van der Waals surface area (Å²) in [5, 5.41) is 4.92. The fraction of sp³-hybridized carbons (Fsp3) is 0.278. The number of hydrogen-bond donors (Lipinski definition) is 0. The first-order valence-electron chi connectivity index (χ1n) is 8.02. The van der Waals surface area contributed by atoms with Crippen molar-refractivity contribution in [2.24, 2.45) is 7.05 Å². The second-order valence-corrected chi connectivity index (χ2v) is 6.04. The van der Waals surface area contributed by atoms with Crippen molar-refractivity contribution in [1.29, 1.82) is 0 Å². The molecule has 0 unspecified atom stereocenters. The summed E-state index contributed by atoms with van der Waals surface area (Å²) in [7, 11) is 1.77. The van der Waals surface area contributed by atoms with E-state index in [0.717, 1.165) is 25.9 Å². The highest BCUT2D eigenvalue weighted by molar-refractivity contribution is 6.06. The third kappa shape index (κ3) is 2.35. The Kier molecular flexibility index (Phi) is 3.52. The zero-order valence-corrected chi connectivity index (χ0v) is 13.4. The molecule has 0 spiro atoms. The molecular weight excluding hydrogens is 307 g/mol. The summed E-state index contributed by atoms with van der Waals surface area (Å²) in [4.78, 5) is 19.3. The average molecular weight is 324 g/mol. The molecule has 1 fully saturated rings. The van der Waals surface area contributed by atoms with Crippen LogP contribution in [0.3, 0.4) is 0 Å².